The van der Waals surface area contributed by atoms with E-state index in [9.17, 15) is 9.59 Å². The molecule has 1 unspecified atom stereocenters. The average molecular weight is 349 g/mol. The fourth-order valence-electron chi connectivity index (χ4n) is 3.09. The molecule has 1 aliphatic heterocycles. The van der Waals surface area contributed by atoms with Crippen LogP contribution in [0.25, 0.3) is 0 Å². The van der Waals surface area contributed by atoms with Crippen LogP contribution in [0.5, 0.6) is 0 Å². The highest BCUT2D eigenvalue weighted by Crippen LogP contribution is 2.41. The maximum absolute atomic E-state index is 12.6. The number of allylic oxidation sites excluding steroid dienone is 1. The van der Waals surface area contributed by atoms with Gasteiger partial charge in [-0.3, -0.25) is 4.79 Å². The molecule has 1 aliphatic carbocycles. The number of carbonyl (C=O) groups excluding carboxylic acids is 2. The van der Waals surface area contributed by atoms with Crippen molar-refractivity contribution in [3.05, 3.63) is 45.6 Å². The first kappa shape index (κ1) is 14.3. The van der Waals surface area contributed by atoms with Crippen molar-refractivity contribution < 1.29 is 9.59 Å². The summed E-state index contributed by atoms with van der Waals surface area (Å²) in [5.41, 5.74) is 2.28. The molecule has 0 fully saturated rings. The molecule has 2 amide bonds. The summed E-state index contributed by atoms with van der Waals surface area (Å²) in [6, 6.07) is 7.09. The molecular formula is C16H17BrN2O2. The summed E-state index contributed by atoms with van der Waals surface area (Å²) in [6.07, 6.45) is 1.22. The number of benzene rings is 1. The highest BCUT2D eigenvalue weighted by Gasteiger charge is 2.40. The highest BCUT2D eigenvalue weighted by molar-refractivity contribution is 9.10. The number of halogens is 1. The maximum atomic E-state index is 12.6. The summed E-state index contributed by atoms with van der Waals surface area (Å²) in [7, 11) is 0. The van der Waals surface area contributed by atoms with Crippen LogP contribution in [0.2, 0.25) is 0 Å². The second-order valence-corrected chi connectivity index (χ2v) is 7.34. The predicted octanol–water partition coefficient (Wildman–Crippen LogP) is 3.45. The SMILES string of the molecule is CC1(C)CC(=O)C2=C(C1)NC(=O)NC2c1cccc(Br)c1. The first-order chi connectivity index (χ1) is 9.85. The van der Waals surface area contributed by atoms with Gasteiger partial charge >= 0.3 is 6.03 Å². The minimum Gasteiger partial charge on any atom is -0.327 e. The van der Waals surface area contributed by atoms with Crippen molar-refractivity contribution in [2.45, 2.75) is 32.7 Å². The van der Waals surface area contributed by atoms with Gasteiger partial charge in [-0.25, -0.2) is 4.79 Å². The molecule has 4 nitrogen and oxygen atoms in total. The standard InChI is InChI=1S/C16H17BrN2O2/c1-16(2)7-11-13(12(20)8-16)14(19-15(21)18-11)9-4-3-5-10(17)6-9/h3-6,14H,7-8H2,1-2H3,(H2,18,19,21). The Morgan fingerprint density at radius 3 is 2.71 bits per heavy atom. The number of hydrogen-bond donors (Lipinski definition) is 2. The third-order valence-electron chi connectivity index (χ3n) is 3.93. The van der Waals surface area contributed by atoms with E-state index in [2.05, 4.69) is 40.4 Å². The second-order valence-electron chi connectivity index (χ2n) is 6.42. The van der Waals surface area contributed by atoms with Gasteiger partial charge in [-0.2, -0.15) is 0 Å². The molecule has 2 aliphatic rings. The lowest BCUT2D eigenvalue weighted by atomic mass is 9.73. The van der Waals surface area contributed by atoms with Crippen LogP contribution >= 0.6 is 15.9 Å². The molecule has 1 aromatic rings. The van der Waals surface area contributed by atoms with Gasteiger partial charge in [-0.05, 0) is 29.5 Å². The first-order valence-electron chi connectivity index (χ1n) is 6.95. The van der Waals surface area contributed by atoms with Crippen molar-refractivity contribution in [2.24, 2.45) is 5.41 Å². The van der Waals surface area contributed by atoms with Crippen molar-refractivity contribution in [1.82, 2.24) is 10.6 Å². The fourth-order valence-corrected chi connectivity index (χ4v) is 3.51. The summed E-state index contributed by atoms with van der Waals surface area (Å²) in [5.74, 6) is 0.110. The quantitative estimate of drug-likeness (QED) is 0.816. The number of carbonyl (C=O) groups is 2. The molecule has 110 valence electrons. The van der Waals surface area contributed by atoms with Crippen LogP contribution in [0.15, 0.2) is 40.0 Å². The zero-order valence-corrected chi connectivity index (χ0v) is 13.6. The van der Waals surface area contributed by atoms with Crippen molar-refractivity contribution >= 4 is 27.7 Å². The van der Waals surface area contributed by atoms with Crippen LogP contribution < -0.4 is 10.6 Å². The smallest absolute Gasteiger partial charge is 0.319 e. The molecule has 1 atom stereocenters. The second kappa shape index (κ2) is 4.98. The molecule has 2 N–H and O–H groups in total. The molecule has 0 saturated carbocycles. The zero-order chi connectivity index (χ0) is 15.2. The Morgan fingerprint density at radius 1 is 1.24 bits per heavy atom. The lowest BCUT2D eigenvalue weighted by Crippen LogP contribution is -2.48. The topological polar surface area (TPSA) is 58.2 Å². The number of Topliss-reactive ketones (excluding diaryl/α,β-unsaturated/α-hetero) is 1. The molecule has 21 heavy (non-hydrogen) atoms. The first-order valence-corrected chi connectivity index (χ1v) is 7.74. The van der Waals surface area contributed by atoms with Crippen LogP contribution in [0.4, 0.5) is 4.79 Å². The summed E-state index contributed by atoms with van der Waals surface area (Å²) < 4.78 is 0.929. The van der Waals surface area contributed by atoms with Crippen molar-refractivity contribution in [2.75, 3.05) is 0 Å². The van der Waals surface area contributed by atoms with E-state index in [0.717, 1.165) is 15.7 Å². The number of nitrogens with one attached hydrogen (secondary N) is 2. The molecule has 3 rings (SSSR count). The number of rotatable bonds is 1. The van der Waals surface area contributed by atoms with Gasteiger partial charge in [0.1, 0.15) is 0 Å². The lowest BCUT2D eigenvalue weighted by molar-refractivity contribution is -0.118. The molecule has 5 heteroatoms. The summed E-state index contributed by atoms with van der Waals surface area (Å²) in [4.78, 5) is 24.5. The van der Waals surface area contributed by atoms with Gasteiger partial charge in [0.2, 0.25) is 0 Å². The van der Waals surface area contributed by atoms with E-state index in [4.69, 9.17) is 0 Å². The number of urea groups is 1. The van der Waals surface area contributed by atoms with Crippen molar-refractivity contribution in [1.29, 1.82) is 0 Å². The van der Waals surface area contributed by atoms with E-state index in [1.807, 2.05) is 24.3 Å². The Kier molecular flexibility index (Phi) is 3.40. The number of amides is 2. The van der Waals surface area contributed by atoms with Crippen LogP contribution in [0, 0.1) is 5.41 Å². The number of ketones is 1. The van der Waals surface area contributed by atoms with Gasteiger partial charge in [0.15, 0.2) is 5.78 Å². The van der Waals surface area contributed by atoms with Gasteiger partial charge in [0.25, 0.3) is 0 Å². The monoisotopic (exact) mass is 348 g/mol. The lowest BCUT2D eigenvalue weighted by Gasteiger charge is -2.38. The molecule has 1 aromatic carbocycles. The largest absolute Gasteiger partial charge is 0.327 e. The Morgan fingerprint density at radius 2 is 2.00 bits per heavy atom. The molecule has 0 bridgehead atoms. The summed E-state index contributed by atoms with van der Waals surface area (Å²) >= 11 is 3.44. The van der Waals surface area contributed by atoms with Gasteiger partial charge in [0.05, 0.1) is 6.04 Å². The third-order valence-corrected chi connectivity index (χ3v) is 4.42. The minimum absolute atomic E-state index is 0.109. The highest BCUT2D eigenvalue weighted by atomic mass is 79.9. The van der Waals surface area contributed by atoms with E-state index in [1.54, 1.807) is 0 Å². The Bertz CT molecular complexity index is 664. The zero-order valence-electron chi connectivity index (χ0n) is 12.0. The van der Waals surface area contributed by atoms with Gasteiger partial charge in [0, 0.05) is 22.2 Å². The van der Waals surface area contributed by atoms with Crippen molar-refractivity contribution in [3.63, 3.8) is 0 Å². The summed E-state index contributed by atoms with van der Waals surface area (Å²) in [5, 5.41) is 5.68. The van der Waals surface area contributed by atoms with Crippen LogP contribution in [0.1, 0.15) is 38.3 Å². The maximum Gasteiger partial charge on any atom is 0.319 e. The number of hydrogen-bond acceptors (Lipinski definition) is 2. The molecule has 0 spiro atoms. The van der Waals surface area contributed by atoms with Crippen molar-refractivity contribution in [3.8, 4) is 0 Å². The van der Waals surface area contributed by atoms with E-state index in [-0.39, 0.29) is 23.3 Å². The summed E-state index contributed by atoms with van der Waals surface area (Å²) in [6.45, 7) is 4.11. The van der Waals surface area contributed by atoms with E-state index < -0.39 is 0 Å². The average Bonchev–Trinajstić information content (AvgIpc) is 2.35. The Balaban J connectivity index is 2.08. The Labute approximate surface area is 132 Å². The normalized spacial score (nSPS) is 24.2. The third kappa shape index (κ3) is 2.75. The Hall–Kier alpha value is -1.62. The van der Waals surface area contributed by atoms with Gasteiger partial charge in [-0.15, -0.1) is 0 Å². The predicted molar refractivity (Wildman–Crippen MR) is 83.6 cm³/mol. The van der Waals surface area contributed by atoms with E-state index in [1.165, 1.54) is 0 Å². The fraction of sp³-hybridized carbons (Fsp3) is 0.375. The van der Waals surface area contributed by atoms with Crippen LogP contribution in [0.3, 0.4) is 0 Å². The molecule has 1 heterocycles. The molecule has 0 aromatic heterocycles. The van der Waals surface area contributed by atoms with Gasteiger partial charge in [-0.1, -0.05) is 41.9 Å². The van der Waals surface area contributed by atoms with Crippen LogP contribution in [-0.2, 0) is 4.79 Å². The van der Waals surface area contributed by atoms with Crippen LogP contribution in [-0.4, -0.2) is 11.8 Å². The molecular weight excluding hydrogens is 332 g/mol. The molecule has 0 saturated heterocycles. The minimum atomic E-state index is -0.366. The molecule has 0 radical (unpaired) electrons. The van der Waals surface area contributed by atoms with Gasteiger partial charge < -0.3 is 10.6 Å². The van der Waals surface area contributed by atoms with E-state index >= 15 is 0 Å². The van der Waals surface area contributed by atoms with E-state index in [0.29, 0.717) is 18.4 Å².